The van der Waals surface area contributed by atoms with Gasteiger partial charge in [0.25, 0.3) is 5.91 Å². The zero-order chi connectivity index (χ0) is 22.4. The number of hydrogen-bond acceptors (Lipinski definition) is 4. The van der Waals surface area contributed by atoms with Crippen LogP contribution >= 0.6 is 0 Å². The predicted molar refractivity (Wildman–Crippen MR) is 121 cm³/mol. The number of benzene rings is 2. The second-order valence-electron chi connectivity index (χ2n) is 8.41. The Morgan fingerprint density at radius 2 is 1.71 bits per heavy atom. The fourth-order valence-electron chi connectivity index (χ4n) is 4.00. The van der Waals surface area contributed by atoms with Crippen molar-refractivity contribution in [1.29, 1.82) is 0 Å². The maximum Gasteiger partial charge on any atom is 0.254 e. The number of likely N-dealkylation sites (tertiary alicyclic amines) is 1. The quantitative estimate of drug-likeness (QED) is 0.701. The van der Waals surface area contributed by atoms with Gasteiger partial charge in [-0.1, -0.05) is 32.0 Å². The number of methoxy groups -OCH3 is 2. The van der Waals surface area contributed by atoms with Crippen molar-refractivity contribution in [3.05, 3.63) is 59.7 Å². The number of carbonyl (C=O) groups is 2. The van der Waals surface area contributed by atoms with E-state index < -0.39 is 0 Å². The standard InChI is InChI=1S/C25H32N2O4/c1-17(2)11-12-26-24(28)23-16-27(25(29)19-8-6-10-21(14-19)31-4)15-22(23)18-7-5-9-20(13-18)30-3/h5-10,13-14,17,22-23H,11-12,15-16H2,1-4H3,(H,26,28). The van der Waals surface area contributed by atoms with Gasteiger partial charge in [-0.2, -0.15) is 0 Å². The summed E-state index contributed by atoms with van der Waals surface area (Å²) in [6, 6.07) is 14.9. The van der Waals surface area contributed by atoms with E-state index in [1.165, 1.54) is 0 Å². The molecule has 0 aliphatic carbocycles. The molecule has 166 valence electrons. The minimum absolute atomic E-state index is 0.00517. The minimum atomic E-state index is -0.311. The predicted octanol–water partition coefficient (Wildman–Crippen LogP) is 3.72. The van der Waals surface area contributed by atoms with Crippen LogP contribution in [0.3, 0.4) is 0 Å². The van der Waals surface area contributed by atoms with Crippen LogP contribution in [0.4, 0.5) is 0 Å². The van der Waals surface area contributed by atoms with E-state index in [1.54, 1.807) is 37.3 Å². The number of ether oxygens (including phenoxy) is 2. The molecule has 0 aromatic heterocycles. The van der Waals surface area contributed by atoms with E-state index in [4.69, 9.17) is 9.47 Å². The minimum Gasteiger partial charge on any atom is -0.497 e. The molecule has 1 aliphatic heterocycles. The van der Waals surface area contributed by atoms with Crippen molar-refractivity contribution in [2.24, 2.45) is 11.8 Å². The van der Waals surface area contributed by atoms with E-state index in [0.29, 0.717) is 36.9 Å². The maximum absolute atomic E-state index is 13.2. The van der Waals surface area contributed by atoms with E-state index in [2.05, 4.69) is 19.2 Å². The summed E-state index contributed by atoms with van der Waals surface area (Å²) in [5.41, 5.74) is 1.56. The highest BCUT2D eigenvalue weighted by atomic mass is 16.5. The summed E-state index contributed by atoms with van der Waals surface area (Å²) in [6.45, 7) is 5.77. The Balaban J connectivity index is 1.83. The molecule has 1 aliphatic rings. The molecule has 2 aromatic rings. The largest absolute Gasteiger partial charge is 0.497 e. The first-order valence-corrected chi connectivity index (χ1v) is 10.8. The molecule has 3 rings (SSSR count). The molecule has 0 radical (unpaired) electrons. The Bertz CT molecular complexity index is 912. The normalized spacial score (nSPS) is 18.2. The molecule has 2 atom stereocenters. The molecule has 6 heteroatoms. The second-order valence-corrected chi connectivity index (χ2v) is 8.41. The highest BCUT2D eigenvalue weighted by Crippen LogP contribution is 2.35. The van der Waals surface area contributed by atoms with Gasteiger partial charge in [-0.25, -0.2) is 0 Å². The highest BCUT2D eigenvalue weighted by Gasteiger charge is 2.40. The maximum atomic E-state index is 13.2. The molecule has 31 heavy (non-hydrogen) atoms. The number of hydrogen-bond donors (Lipinski definition) is 1. The van der Waals surface area contributed by atoms with Gasteiger partial charge in [0.15, 0.2) is 0 Å². The number of nitrogens with one attached hydrogen (secondary N) is 1. The first kappa shape index (κ1) is 22.7. The molecular weight excluding hydrogens is 392 g/mol. The van der Waals surface area contributed by atoms with E-state index in [1.807, 2.05) is 30.3 Å². The lowest BCUT2D eigenvalue weighted by atomic mass is 9.88. The molecule has 2 unspecified atom stereocenters. The lowest BCUT2D eigenvalue weighted by Crippen LogP contribution is -2.36. The first-order chi connectivity index (χ1) is 14.9. The summed E-state index contributed by atoms with van der Waals surface area (Å²) < 4.78 is 10.6. The molecule has 6 nitrogen and oxygen atoms in total. The molecule has 1 fully saturated rings. The Kier molecular flexibility index (Phi) is 7.55. The van der Waals surface area contributed by atoms with Crippen LogP contribution in [-0.2, 0) is 4.79 Å². The van der Waals surface area contributed by atoms with Gasteiger partial charge in [0, 0.05) is 31.1 Å². The van der Waals surface area contributed by atoms with Gasteiger partial charge in [0.1, 0.15) is 11.5 Å². The van der Waals surface area contributed by atoms with Crippen LogP contribution in [0.5, 0.6) is 11.5 Å². The van der Waals surface area contributed by atoms with Crippen molar-refractivity contribution in [3.63, 3.8) is 0 Å². The molecule has 2 amide bonds. The Morgan fingerprint density at radius 1 is 1.03 bits per heavy atom. The molecule has 1 heterocycles. The molecule has 0 bridgehead atoms. The van der Waals surface area contributed by atoms with Crippen molar-refractivity contribution in [2.75, 3.05) is 33.9 Å². The third-order valence-electron chi connectivity index (χ3n) is 5.80. The van der Waals surface area contributed by atoms with Crippen molar-refractivity contribution in [2.45, 2.75) is 26.2 Å². The van der Waals surface area contributed by atoms with Crippen molar-refractivity contribution < 1.29 is 19.1 Å². The van der Waals surface area contributed by atoms with E-state index in [9.17, 15) is 9.59 Å². The molecule has 1 saturated heterocycles. The van der Waals surface area contributed by atoms with Crippen LogP contribution in [0.25, 0.3) is 0 Å². The third kappa shape index (κ3) is 5.57. The summed E-state index contributed by atoms with van der Waals surface area (Å²) >= 11 is 0. The zero-order valence-electron chi connectivity index (χ0n) is 18.8. The summed E-state index contributed by atoms with van der Waals surface area (Å²) in [5.74, 6) is 1.40. The van der Waals surface area contributed by atoms with E-state index >= 15 is 0 Å². The molecule has 2 aromatic carbocycles. The van der Waals surface area contributed by atoms with Crippen LogP contribution in [0.2, 0.25) is 0 Å². The zero-order valence-corrected chi connectivity index (χ0v) is 18.8. The summed E-state index contributed by atoms with van der Waals surface area (Å²) in [6.07, 6.45) is 0.925. The van der Waals surface area contributed by atoms with Crippen molar-refractivity contribution in [1.82, 2.24) is 10.2 Å². The lowest BCUT2D eigenvalue weighted by molar-refractivity contribution is -0.124. The fraction of sp³-hybridized carbons (Fsp3) is 0.440. The molecular formula is C25H32N2O4. The van der Waals surface area contributed by atoms with Gasteiger partial charge >= 0.3 is 0 Å². The average molecular weight is 425 g/mol. The van der Waals surface area contributed by atoms with Gasteiger partial charge in [0.05, 0.1) is 20.1 Å². The Hall–Kier alpha value is -3.02. The topological polar surface area (TPSA) is 67.9 Å². The number of carbonyl (C=O) groups excluding carboxylic acids is 2. The Morgan fingerprint density at radius 3 is 2.39 bits per heavy atom. The van der Waals surface area contributed by atoms with Crippen molar-refractivity contribution >= 4 is 11.8 Å². The van der Waals surface area contributed by atoms with Gasteiger partial charge in [-0.15, -0.1) is 0 Å². The van der Waals surface area contributed by atoms with E-state index in [-0.39, 0.29) is 23.7 Å². The van der Waals surface area contributed by atoms with Crippen LogP contribution in [0.1, 0.15) is 42.1 Å². The van der Waals surface area contributed by atoms with E-state index in [0.717, 1.165) is 17.7 Å². The molecule has 0 spiro atoms. The van der Waals surface area contributed by atoms with Gasteiger partial charge < -0.3 is 19.7 Å². The van der Waals surface area contributed by atoms with Gasteiger partial charge in [-0.3, -0.25) is 9.59 Å². The average Bonchev–Trinajstić information content (AvgIpc) is 3.24. The summed E-state index contributed by atoms with van der Waals surface area (Å²) in [5, 5.41) is 3.07. The molecule has 0 saturated carbocycles. The van der Waals surface area contributed by atoms with Crippen molar-refractivity contribution in [3.8, 4) is 11.5 Å². The highest BCUT2D eigenvalue weighted by molar-refractivity contribution is 5.95. The van der Waals surface area contributed by atoms with Gasteiger partial charge in [0.2, 0.25) is 5.91 Å². The number of nitrogens with zero attached hydrogens (tertiary/aromatic N) is 1. The molecule has 1 N–H and O–H groups in total. The Labute approximate surface area is 184 Å². The number of amides is 2. The summed E-state index contributed by atoms with van der Waals surface area (Å²) in [7, 11) is 3.21. The number of rotatable bonds is 8. The first-order valence-electron chi connectivity index (χ1n) is 10.8. The van der Waals surface area contributed by atoms with Crippen LogP contribution in [0.15, 0.2) is 48.5 Å². The SMILES string of the molecule is COc1cccc(C(=O)N2CC(C(=O)NCCC(C)C)C(c3cccc(OC)c3)C2)c1. The summed E-state index contributed by atoms with van der Waals surface area (Å²) in [4.78, 5) is 28.0. The monoisotopic (exact) mass is 424 g/mol. The smallest absolute Gasteiger partial charge is 0.254 e. The van der Waals surface area contributed by atoms with Gasteiger partial charge in [-0.05, 0) is 48.2 Å². The van der Waals surface area contributed by atoms with Crippen LogP contribution in [0, 0.1) is 11.8 Å². The fourth-order valence-corrected chi connectivity index (χ4v) is 4.00. The second kappa shape index (κ2) is 10.3. The van der Waals surface area contributed by atoms with Crippen LogP contribution < -0.4 is 14.8 Å². The van der Waals surface area contributed by atoms with Crippen LogP contribution in [-0.4, -0.2) is 50.6 Å². The third-order valence-corrected chi connectivity index (χ3v) is 5.80. The lowest BCUT2D eigenvalue weighted by Gasteiger charge is -2.19.